The number of hydrogen-bond acceptors (Lipinski definition) is 3. The summed E-state index contributed by atoms with van der Waals surface area (Å²) in [4.78, 5) is 42.4. The van der Waals surface area contributed by atoms with E-state index in [9.17, 15) is 14.4 Å². The minimum atomic E-state index is -0.882. The Morgan fingerprint density at radius 1 is 1.13 bits per heavy atom. The smallest absolute Gasteiger partial charge is 0.300 e. The molecule has 2 aromatic heterocycles. The van der Waals surface area contributed by atoms with Gasteiger partial charge in [-0.25, -0.2) is 9.59 Å². The minimum Gasteiger partial charge on any atom is -0.300 e. The van der Waals surface area contributed by atoms with Crippen LogP contribution in [0.15, 0.2) is 14.4 Å². The van der Waals surface area contributed by atoms with E-state index in [2.05, 4.69) is 19.9 Å². The first-order valence-electron chi connectivity index (χ1n) is 3.48. The third-order valence-corrected chi connectivity index (χ3v) is 1.66. The molecule has 2 aromatic rings. The fourth-order valence-corrected chi connectivity index (χ4v) is 1.09. The van der Waals surface area contributed by atoms with Crippen molar-refractivity contribution in [1.82, 2.24) is 19.6 Å². The summed E-state index contributed by atoms with van der Waals surface area (Å²) in [5, 5.41) is 0. The van der Waals surface area contributed by atoms with Crippen LogP contribution in [0.4, 0.5) is 0 Å². The molecular formula is C6H3N5O3Sn. The molecule has 9 heteroatoms. The van der Waals surface area contributed by atoms with E-state index >= 15 is 0 Å². The molecule has 0 atom stereocenters. The van der Waals surface area contributed by atoms with Crippen LogP contribution in [0, 0.1) is 6.57 Å². The maximum Gasteiger partial charge on any atom is 0.398 e. The van der Waals surface area contributed by atoms with Gasteiger partial charge in [-0.2, -0.15) is 6.57 Å². The Balaban J connectivity index is 0.00000112. The second-order valence-electron chi connectivity index (χ2n) is 2.48. The predicted octanol–water partition coefficient (Wildman–Crippen LogP) is -1.99. The van der Waals surface area contributed by atoms with E-state index < -0.39 is 16.9 Å². The Kier molecular flexibility index (Phi) is 2.85. The number of H-pyrrole nitrogens is 3. The third kappa shape index (κ3) is 1.61. The summed E-state index contributed by atoms with van der Waals surface area (Å²) in [6, 6.07) is 0. The van der Waals surface area contributed by atoms with Crippen molar-refractivity contribution in [3.05, 3.63) is 42.8 Å². The minimum absolute atomic E-state index is 0. The fourth-order valence-electron chi connectivity index (χ4n) is 1.09. The monoisotopic (exact) mass is 313 g/mol. The molecule has 0 bridgehead atoms. The maximum atomic E-state index is 11.3. The first kappa shape index (κ1) is 11.3. The summed E-state index contributed by atoms with van der Waals surface area (Å²) in [6.07, 6.45) is 0. The van der Waals surface area contributed by atoms with Gasteiger partial charge < -0.3 is 0 Å². The van der Waals surface area contributed by atoms with Crippen LogP contribution in [0.5, 0.6) is 0 Å². The number of hydrogen-bond donors (Lipinski definition) is 3. The molecule has 0 saturated heterocycles. The Bertz CT molecular complexity index is 711. The zero-order valence-electron chi connectivity index (χ0n) is 7.12. The Hall–Kier alpha value is -1.76. The van der Waals surface area contributed by atoms with E-state index in [-0.39, 0.29) is 35.1 Å². The molecule has 4 radical (unpaired) electrons. The van der Waals surface area contributed by atoms with Gasteiger partial charge in [-0.15, -0.1) is 4.95 Å². The largest absolute Gasteiger partial charge is 0.398 e. The van der Waals surface area contributed by atoms with Gasteiger partial charge in [-0.3, -0.25) is 19.7 Å². The number of rotatable bonds is 0. The number of fused-ring (bicyclic) bond motifs is 1. The van der Waals surface area contributed by atoms with Gasteiger partial charge in [0.2, 0.25) is 0 Å². The molecule has 0 unspecified atom stereocenters. The number of nitrogens with zero attached hydrogens (tertiary/aromatic N) is 2. The molecule has 0 aliphatic heterocycles. The Labute approximate surface area is 97.7 Å². The molecule has 0 spiro atoms. The first-order valence-corrected chi connectivity index (χ1v) is 3.48. The molecular weight excluding hydrogens is 309 g/mol. The summed E-state index contributed by atoms with van der Waals surface area (Å²) in [5.41, 5.74) is -2.48. The molecule has 0 aromatic carbocycles. The van der Waals surface area contributed by atoms with Crippen molar-refractivity contribution < 1.29 is 0 Å². The van der Waals surface area contributed by atoms with Crippen LogP contribution in [-0.4, -0.2) is 43.5 Å². The zero-order valence-corrected chi connectivity index (χ0v) is 9.97. The van der Waals surface area contributed by atoms with Crippen LogP contribution in [0.1, 0.15) is 0 Å². The van der Waals surface area contributed by atoms with E-state index in [1.54, 1.807) is 0 Å². The average Bonchev–Trinajstić information content (AvgIpc) is 2.47. The molecule has 0 fully saturated rings. The SMILES string of the molecule is [C-]#[N+]n1c(=O)[nH]c2[nH]c(=O)[nH]c2c1=O.[Sn]. The van der Waals surface area contributed by atoms with Crippen molar-refractivity contribution in [3.8, 4) is 0 Å². The molecule has 15 heavy (non-hydrogen) atoms. The first-order chi connectivity index (χ1) is 6.63. The van der Waals surface area contributed by atoms with Crippen molar-refractivity contribution in [2.75, 3.05) is 0 Å². The van der Waals surface area contributed by atoms with Crippen molar-refractivity contribution >= 4 is 35.1 Å². The maximum absolute atomic E-state index is 11.3. The van der Waals surface area contributed by atoms with Crippen LogP contribution >= 0.6 is 0 Å². The Morgan fingerprint density at radius 3 is 2.40 bits per heavy atom. The number of aromatic amines is 3. The molecule has 2 heterocycles. The van der Waals surface area contributed by atoms with Crippen molar-refractivity contribution in [2.45, 2.75) is 0 Å². The van der Waals surface area contributed by atoms with E-state index in [1.807, 2.05) is 0 Å². The van der Waals surface area contributed by atoms with Gasteiger partial charge in [0.05, 0.1) is 4.68 Å². The zero-order chi connectivity index (χ0) is 10.3. The predicted molar refractivity (Wildman–Crippen MR) is 51.6 cm³/mol. The Morgan fingerprint density at radius 2 is 1.80 bits per heavy atom. The van der Waals surface area contributed by atoms with E-state index in [0.717, 1.165) is 0 Å². The topological polar surface area (TPSA) is 108 Å². The quantitative estimate of drug-likeness (QED) is 0.387. The molecule has 0 saturated carbocycles. The molecule has 8 nitrogen and oxygen atoms in total. The van der Waals surface area contributed by atoms with E-state index in [4.69, 9.17) is 6.57 Å². The van der Waals surface area contributed by atoms with Gasteiger partial charge >= 0.3 is 16.9 Å². The van der Waals surface area contributed by atoms with Crippen LogP contribution in [0.25, 0.3) is 16.1 Å². The second kappa shape index (κ2) is 3.77. The van der Waals surface area contributed by atoms with Crippen molar-refractivity contribution in [3.63, 3.8) is 0 Å². The summed E-state index contributed by atoms with van der Waals surface area (Å²) >= 11 is 0. The molecule has 2 rings (SSSR count). The summed E-state index contributed by atoms with van der Waals surface area (Å²) < 4.78 is 0.298. The normalized spacial score (nSPS) is 9.53. The van der Waals surface area contributed by atoms with Crippen LogP contribution in [0.2, 0.25) is 0 Å². The average molecular weight is 312 g/mol. The van der Waals surface area contributed by atoms with Gasteiger partial charge in [-0.1, -0.05) is 0 Å². The summed E-state index contributed by atoms with van der Waals surface area (Å²) in [7, 11) is 0. The molecule has 3 N–H and O–H groups in total. The van der Waals surface area contributed by atoms with Crippen LogP contribution in [-0.2, 0) is 0 Å². The third-order valence-electron chi connectivity index (χ3n) is 1.66. The van der Waals surface area contributed by atoms with Gasteiger partial charge in [-0.05, 0) is 0 Å². The molecule has 0 aliphatic carbocycles. The van der Waals surface area contributed by atoms with Crippen LogP contribution in [0.3, 0.4) is 0 Å². The molecule has 74 valence electrons. The molecule has 0 amide bonds. The van der Waals surface area contributed by atoms with Gasteiger partial charge in [0, 0.05) is 23.9 Å². The van der Waals surface area contributed by atoms with Gasteiger partial charge in [0.15, 0.2) is 5.52 Å². The standard InChI is InChI=1S/C6H3N5O3.Sn/c1-7-11-4(12)2-3(10-6(11)14)9-5(13)8-2;/h(H,10,14)(H2,8,9,13);. The number of imidazole rings is 1. The summed E-state index contributed by atoms with van der Waals surface area (Å²) in [6.45, 7) is 6.57. The number of nitrogens with one attached hydrogen (secondary N) is 3. The van der Waals surface area contributed by atoms with Gasteiger partial charge in [0.1, 0.15) is 5.65 Å². The van der Waals surface area contributed by atoms with Crippen molar-refractivity contribution in [1.29, 1.82) is 0 Å². The fraction of sp³-hybridized carbons (Fsp3) is 0. The number of aromatic nitrogens is 4. The second-order valence-corrected chi connectivity index (χ2v) is 2.48. The van der Waals surface area contributed by atoms with Crippen LogP contribution < -0.4 is 16.9 Å². The van der Waals surface area contributed by atoms with Crippen molar-refractivity contribution in [2.24, 2.45) is 0 Å². The molecule has 0 aliphatic rings. The van der Waals surface area contributed by atoms with E-state index in [0.29, 0.717) is 4.68 Å². The van der Waals surface area contributed by atoms with E-state index in [1.165, 1.54) is 0 Å². The van der Waals surface area contributed by atoms with Gasteiger partial charge in [0.25, 0.3) is 0 Å². The summed E-state index contributed by atoms with van der Waals surface area (Å²) in [5.74, 6) is 0.